The topological polar surface area (TPSA) is 69.9 Å². The maximum absolute atomic E-state index is 11.6. The average Bonchev–Trinajstić information content (AvgIpc) is 2.16. The van der Waals surface area contributed by atoms with Crippen molar-refractivity contribution >= 4 is 0 Å². The molecule has 0 aromatic rings. The normalized spacial score (nSPS) is 12.5. The average molecular weight is 518 g/mol. The zero-order chi connectivity index (χ0) is 13.2. The van der Waals surface area contributed by atoms with E-state index in [0.717, 1.165) is 0 Å². The standard InChI is InChI=1S/C6H12F2O3.C2H3F2O.Rf/c1-2-5(9)3-11-4-6(7,8)10;3-2(4)1-5;/h5,9-10H,2-4H2,1H3;5H,1H2;/q;-1;. The molecule has 3 N–H and O–H groups in total. The first-order chi connectivity index (χ1) is 7.22. The van der Waals surface area contributed by atoms with Gasteiger partial charge in [-0.3, -0.25) is 0 Å². The van der Waals surface area contributed by atoms with Crippen molar-refractivity contribution in [2.75, 3.05) is 19.8 Å². The van der Waals surface area contributed by atoms with Crippen LogP contribution in [0.1, 0.15) is 13.3 Å². The van der Waals surface area contributed by atoms with Gasteiger partial charge < -0.3 is 28.8 Å². The molecule has 1 unspecified atom stereocenters. The van der Waals surface area contributed by atoms with Crippen LogP contribution in [0.5, 0.6) is 0 Å². The Morgan fingerprint density at radius 3 is 2.00 bits per heavy atom. The zero-order valence-corrected chi connectivity index (χ0v) is 15.8. The quantitative estimate of drug-likeness (QED) is 0.359. The van der Waals surface area contributed by atoms with E-state index in [1.165, 1.54) is 0 Å². The number of alkyl halides is 2. The van der Waals surface area contributed by atoms with Gasteiger partial charge in [0, 0.05) is 6.43 Å². The van der Waals surface area contributed by atoms with Crippen molar-refractivity contribution in [3.63, 3.8) is 0 Å². The molecule has 0 aliphatic rings. The molecule has 0 radical (unpaired) electrons. The molecule has 1 atom stereocenters. The van der Waals surface area contributed by atoms with Crippen LogP contribution in [0.15, 0.2) is 0 Å². The summed E-state index contributed by atoms with van der Waals surface area (Å²) in [5.41, 5.74) is 0. The predicted octanol–water partition coefficient (Wildman–Crippen LogP) is 0.766. The van der Waals surface area contributed by atoms with Gasteiger partial charge >= 0.3 is 6.11 Å². The van der Waals surface area contributed by atoms with Crippen LogP contribution in [0, 0.1) is 6.43 Å². The van der Waals surface area contributed by atoms with Gasteiger partial charge in [0.15, 0.2) is 0 Å². The Morgan fingerprint density at radius 2 is 1.76 bits per heavy atom. The summed E-state index contributed by atoms with van der Waals surface area (Å²) in [7, 11) is 0. The number of rotatable bonds is 6. The summed E-state index contributed by atoms with van der Waals surface area (Å²) < 4.78 is 48.4. The van der Waals surface area contributed by atoms with Crippen molar-refractivity contribution in [3.05, 3.63) is 6.43 Å². The summed E-state index contributed by atoms with van der Waals surface area (Å²) in [6.45, 7) is -0.651. The monoisotopic (exact) mass is 518 g/mol. The van der Waals surface area contributed by atoms with E-state index >= 15 is 0 Å². The molecule has 0 aliphatic heterocycles. The Hall–Kier alpha value is -1.44. The van der Waals surface area contributed by atoms with E-state index < -0.39 is 31.9 Å². The number of aliphatic hydroxyl groups excluding tert-OH is 2. The second kappa shape index (κ2) is 11.1. The molecule has 0 fully saturated rings. The van der Waals surface area contributed by atoms with E-state index in [0.29, 0.717) is 6.42 Å². The smallest absolute Gasteiger partial charge is 0.376 e. The minimum Gasteiger partial charge on any atom is -0.423 e. The fraction of sp³-hybridized carbons (Fsp3) is 0.875. The summed E-state index contributed by atoms with van der Waals surface area (Å²) in [4.78, 5) is 0. The number of hydrogen-bond donors (Lipinski definition) is 3. The fourth-order valence-electron chi connectivity index (χ4n) is 0.436. The molecule has 4 nitrogen and oxygen atoms in total. The van der Waals surface area contributed by atoms with Gasteiger partial charge in [0.1, 0.15) is 6.61 Å². The molecule has 0 aromatic heterocycles. The molecule has 0 spiro atoms. The Morgan fingerprint density at radius 1 is 1.35 bits per heavy atom. The molecule has 0 heterocycles. The number of ether oxygens (including phenoxy) is 1. The van der Waals surface area contributed by atoms with Crippen LogP contribution in [0.2, 0.25) is 0 Å². The molecule has 0 aromatic carbocycles. The molecule has 0 bridgehead atoms. The third kappa shape index (κ3) is 25.1. The van der Waals surface area contributed by atoms with Crippen LogP contribution in [0.25, 0.3) is 0 Å². The van der Waals surface area contributed by atoms with Gasteiger partial charge in [-0.25, -0.2) is 0 Å². The van der Waals surface area contributed by atoms with E-state index in [2.05, 4.69) is 4.74 Å². The molecule has 0 amide bonds. The van der Waals surface area contributed by atoms with E-state index in [-0.39, 0.29) is 6.61 Å². The first-order valence-electron chi connectivity index (χ1n) is 4.36. The number of halogens is 4. The summed E-state index contributed by atoms with van der Waals surface area (Å²) in [6.07, 6.45) is -6.04. The van der Waals surface area contributed by atoms with Crippen molar-refractivity contribution in [3.8, 4) is 0 Å². The van der Waals surface area contributed by atoms with E-state index in [1.54, 1.807) is 6.92 Å². The first kappa shape index (κ1) is 20.9. The number of hydrogen-bond acceptors (Lipinski definition) is 4. The maximum Gasteiger partial charge on any atom is 0.376 e. The summed E-state index contributed by atoms with van der Waals surface area (Å²) in [6, 6.07) is 0. The Balaban J connectivity index is -0.000000280. The van der Waals surface area contributed by atoms with Crippen LogP contribution in [-0.4, -0.2) is 47.4 Å². The maximum atomic E-state index is 11.6. The molecule has 0 rings (SSSR count). The molecule has 0 saturated carbocycles. The summed E-state index contributed by atoms with van der Waals surface area (Å²) >= 11 is 0. The third-order valence-electron chi connectivity index (χ3n) is 1.18. The van der Waals surface area contributed by atoms with Gasteiger partial charge in [-0.2, -0.15) is 8.78 Å². The largest absolute Gasteiger partial charge is 0.423 e. The van der Waals surface area contributed by atoms with Crippen LogP contribution >= 0.6 is 0 Å². The first-order valence-corrected chi connectivity index (χ1v) is 4.36. The van der Waals surface area contributed by atoms with Gasteiger partial charge in [-0.15, -0.1) is 0 Å². The second-order valence-corrected chi connectivity index (χ2v) is 2.74. The van der Waals surface area contributed by atoms with Gasteiger partial charge in [-0.1, -0.05) is 6.92 Å². The molecule has 17 heavy (non-hydrogen) atoms. The van der Waals surface area contributed by atoms with E-state index in [4.69, 9.17) is 15.3 Å². The minimum absolute atomic E-state index is 0. The van der Waals surface area contributed by atoms with Gasteiger partial charge in [0.25, 0.3) is 0 Å². The Labute approximate surface area is 90.5 Å². The Kier molecular flexibility index (Phi) is 13.6. The van der Waals surface area contributed by atoms with Crippen molar-refractivity contribution in [1.29, 1.82) is 0 Å². The van der Waals surface area contributed by atoms with E-state index in [9.17, 15) is 17.6 Å². The van der Waals surface area contributed by atoms with Gasteiger partial charge in [0.2, 0.25) is 0 Å². The predicted molar refractivity (Wildman–Crippen MR) is 46.8 cm³/mol. The van der Waals surface area contributed by atoms with Crippen LogP contribution < -0.4 is 0 Å². The fourth-order valence-corrected chi connectivity index (χ4v) is 0.436. The minimum atomic E-state index is -3.80. The van der Waals surface area contributed by atoms with Gasteiger partial charge in [0.05, 0.1) is 12.7 Å². The number of aliphatic hydroxyl groups is 3. The molecular weight excluding hydrogens is 503 g/mol. The van der Waals surface area contributed by atoms with Crippen molar-refractivity contribution in [2.24, 2.45) is 0 Å². The van der Waals surface area contributed by atoms with Crippen LogP contribution in [0.4, 0.5) is 17.6 Å². The van der Waals surface area contributed by atoms with E-state index in [1.807, 2.05) is 0 Å². The summed E-state index contributed by atoms with van der Waals surface area (Å²) in [5.74, 6) is 0. The van der Waals surface area contributed by atoms with Crippen molar-refractivity contribution < 1.29 is 37.6 Å². The van der Waals surface area contributed by atoms with Crippen molar-refractivity contribution in [1.82, 2.24) is 0 Å². The van der Waals surface area contributed by atoms with Crippen LogP contribution in [-0.2, 0) is 4.74 Å². The Bertz CT molecular complexity index is 157. The zero-order valence-electron chi connectivity index (χ0n) is 9.37. The molecule has 0 aliphatic carbocycles. The van der Waals surface area contributed by atoms with Crippen molar-refractivity contribution in [2.45, 2.75) is 25.6 Å². The summed E-state index contributed by atoms with van der Waals surface area (Å²) in [5, 5.41) is 24.0. The van der Waals surface area contributed by atoms with Gasteiger partial charge in [-0.05, 0) is 13.0 Å². The molecule has 102 valence electrons. The molecular formula is C8H15F4O4Rf-. The molecule has 0 saturated heterocycles. The van der Waals surface area contributed by atoms with Crippen LogP contribution in [0.3, 0.4) is 0 Å². The third-order valence-corrected chi connectivity index (χ3v) is 1.18. The molecule has 9 heteroatoms. The SMILES string of the molecule is CCC(O)COCC(O)(F)F.OC[C-](F)F.[Rf]. The second-order valence-electron chi connectivity index (χ2n) is 2.74.